The van der Waals surface area contributed by atoms with E-state index in [0.29, 0.717) is 11.3 Å². The lowest BCUT2D eigenvalue weighted by Gasteiger charge is -2.35. The fraction of sp³-hybridized carbons (Fsp3) is 0.625. The molecule has 0 saturated heterocycles. The minimum Gasteiger partial charge on any atom is -0.497 e. The molecule has 1 saturated carbocycles. The second kappa shape index (κ2) is 6.67. The van der Waals surface area contributed by atoms with Crippen LogP contribution in [-0.2, 0) is 0 Å². The Kier molecular flexibility index (Phi) is 5.17. The van der Waals surface area contributed by atoms with Crippen molar-refractivity contribution in [2.24, 2.45) is 17.6 Å². The maximum atomic E-state index is 6.31. The van der Waals surface area contributed by atoms with Gasteiger partial charge in [0.05, 0.1) is 7.11 Å². The van der Waals surface area contributed by atoms with Gasteiger partial charge in [-0.05, 0) is 49.3 Å². The van der Waals surface area contributed by atoms with Crippen molar-refractivity contribution >= 4 is 11.8 Å². The highest BCUT2D eigenvalue weighted by atomic mass is 32.2. The summed E-state index contributed by atoms with van der Waals surface area (Å²) in [6.07, 6.45) is 3.68. The van der Waals surface area contributed by atoms with Crippen LogP contribution in [0.5, 0.6) is 5.75 Å². The van der Waals surface area contributed by atoms with Crippen molar-refractivity contribution in [1.82, 2.24) is 0 Å². The molecule has 0 aromatic heterocycles. The van der Waals surface area contributed by atoms with Gasteiger partial charge in [0.1, 0.15) is 5.75 Å². The predicted octanol–water partition coefficient (Wildman–Crippen LogP) is 3.94. The minimum atomic E-state index is 0.325. The Morgan fingerprint density at radius 3 is 2.79 bits per heavy atom. The van der Waals surface area contributed by atoms with Gasteiger partial charge >= 0.3 is 0 Å². The van der Waals surface area contributed by atoms with Gasteiger partial charge in [-0.25, -0.2) is 0 Å². The molecular formula is C16H25NOS. The first kappa shape index (κ1) is 14.7. The molecule has 0 spiro atoms. The Hall–Kier alpha value is -0.670. The van der Waals surface area contributed by atoms with Crippen LogP contribution < -0.4 is 10.5 Å². The Morgan fingerprint density at radius 2 is 2.11 bits per heavy atom. The third-order valence-corrected chi connectivity index (χ3v) is 5.53. The largest absolute Gasteiger partial charge is 0.497 e. The van der Waals surface area contributed by atoms with E-state index in [1.807, 2.05) is 17.8 Å². The summed E-state index contributed by atoms with van der Waals surface area (Å²) in [5.74, 6) is 2.51. The molecular weight excluding hydrogens is 254 g/mol. The molecule has 3 heteroatoms. The summed E-state index contributed by atoms with van der Waals surface area (Å²) in [6.45, 7) is 4.66. The molecule has 2 N–H and O–H groups in total. The lowest BCUT2D eigenvalue weighted by atomic mass is 9.79. The molecule has 0 amide bonds. The summed E-state index contributed by atoms with van der Waals surface area (Å²) in [6, 6.07) is 8.62. The molecule has 1 aliphatic rings. The van der Waals surface area contributed by atoms with Crippen LogP contribution in [0.2, 0.25) is 0 Å². The van der Waals surface area contributed by atoms with Crippen molar-refractivity contribution in [1.29, 1.82) is 0 Å². The van der Waals surface area contributed by atoms with E-state index >= 15 is 0 Å². The maximum Gasteiger partial charge on any atom is 0.119 e. The van der Waals surface area contributed by atoms with Gasteiger partial charge in [0, 0.05) is 16.2 Å². The highest BCUT2D eigenvalue weighted by Crippen LogP contribution is 2.39. The summed E-state index contributed by atoms with van der Waals surface area (Å²) in [4.78, 5) is 1.27. The van der Waals surface area contributed by atoms with Crippen molar-refractivity contribution in [3.8, 4) is 5.75 Å². The smallest absolute Gasteiger partial charge is 0.119 e. The van der Waals surface area contributed by atoms with Gasteiger partial charge in [0.15, 0.2) is 0 Å². The summed E-state index contributed by atoms with van der Waals surface area (Å²) < 4.78 is 5.29. The average Bonchev–Trinajstić information content (AvgIpc) is 2.41. The van der Waals surface area contributed by atoms with E-state index in [0.717, 1.165) is 24.0 Å². The molecule has 1 aromatic carbocycles. The zero-order valence-corrected chi connectivity index (χ0v) is 13.0. The van der Waals surface area contributed by atoms with Crippen molar-refractivity contribution < 1.29 is 4.74 Å². The molecule has 2 rings (SSSR count). The molecule has 3 unspecified atom stereocenters. The lowest BCUT2D eigenvalue weighted by Crippen LogP contribution is -2.39. The molecule has 1 aromatic rings. The molecule has 0 aliphatic heterocycles. The van der Waals surface area contributed by atoms with Gasteiger partial charge in [-0.2, -0.15) is 0 Å². The molecule has 19 heavy (non-hydrogen) atoms. The Morgan fingerprint density at radius 1 is 1.32 bits per heavy atom. The van der Waals surface area contributed by atoms with E-state index in [-0.39, 0.29) is 0 Å². The van der Waals surface area contributed by atoms with Crippen LogP contribution in [0.15, 0.2) is 29.2 Å². The van der Waals surface area contributed by atoms with E-state index in [2.05, 4.69) is 32.0 Å². The predicted molar refractivity (Wildman–Crippen MR) is 82.8 cm³/mol. The SMILES string of the molecule is COc1cccc(SC2CC(C(C)C)CCC2N)c1. The van der Waals surface area contributed by atoms with Gasteiger partial charge in [0.25, 0.3) is 0 Å². The first-order valence-electron chi connectivity index (χ1n) is 7.16. The Balaban J connectivity index is 2.03. The topological polar surface area (TPSA) is 35.2 Å². The number of benzene rings is 1. The summed E-state index contributed by atoms with van der Waals surface area (Å²) in [7, 11) is 1.71. The number of hydrogen-bond donors (Lipinski definition) is 1. The highest BCUT2D eigenvalue weighted by molar-refractivity contribution is 8.00. The standard InChI is InChI=1S/C16H25NOS/c1-11(2)12-7-8-15(17)16(9-12)19-14-6-4-5-13(10-14)18-3/h4-6,10-12,15-16H,7-9,17H2,1-3H3. The van der Waals surface area contributed by atoms with Gasteiger partial charge in [-0.1, -0.05) is 19.9 Å². The van der Waals surface area contributed by atoms with E-state index in [9.17, 15) is 0 Å². The van der Waals surface area contributed by atoms with Crippen molar-refractivity contribution in [2.75, 3.05) is 7.11 Å². The van der Waals surface area contributed by atoms with Crippen LogP contribution in [0.4, 0.5) is 0 Å². The third kappa shape index (κ3) is 3.90. The molecule has 1 fully saturated rings. The second-order valence-corrected chi connectivity index (χ2v) is 7.13. The third-order valence-electron chi connectivity index (χ3n) is 4.15. The van der Waals surface area contributed by atoms with Crippen LogP contribution in [0, 0.1) is 11.8 Å². The van der Waals surface area contributed by atoms with Crippen molar-refractivity contribution in [3.63, 3.8) is 0 Å². The zero-order valence-electron chi connectivity index (χ0n) is 12.1. The lowest BCUT2D eigenvalue weighted by molar-refractivity contribution is 0.266. The summed E-state index contributed by atoms with van der Waals surface area (Å²) >= 11 is 1.92. The van der Waals surface area contributed by atoms with E-state index in [1.54, 1.807) is 7.11 Å². The Labute approximate surface area is 121 Å². The number of thioether (sulfide) groups is 1. The monoisotopic (exact) mass is 279 g/mol. The first-order valence-corrected chi connectivity index (χ1v) is 8.04. The molecule has 1 aliphatic carbocycles. The molecule has 0 heterocycles. The van der Waals surface area contributed by atoms with Gasteiger partial charge in [-0.15, -0.1) is 11.8 Å². The van der Waals surface area contributed by atoms with E-state index in [1.165, 1.54) is 17.7 Å². The molecule has 0 radical (unpaired) electrons. The van der Waals surface area contributed by atoms with Crippen LogP contribution in [0.25, 0.3) is 0 Å². The first-order chi connectivity index (χ1) is 9.10. The summed E-state index contributed by atoms with van der Waals surface area (Å²) in [5.41, 5.74) is 6.31. The minimum absolute atomic E-state index is 0.325. The zero-order chi connectivity index (χ0) is 13.8. The van der Waals surface area contributed by atoms with Crippen LogP contribution in [-0.4, -0.2) is 18.4 Å². The fourth-order valence-corrected chi connectivity index (χ4v) is 4.12. The summed E-state index contributed by atoms with van der Waals surface area (Å²) in [5, 5.41) is 0.535. The van der Waals surface area contributed by atoms with Gasteiger partial charge in [0.2, 0.25) is 0 Å². The quantitative estimate of drug-likeness (QED) is 0.906. The van der Waals surface area contributed by atoms with Crippen molar-refractivity contribution in [3.05, 3.63) is 24.3 Å². The fourth-order valence-electron chi connectivity index (χ4n) is 2.77. The van der Waals surface area contributed by atoms with Crippen LogP contribution in [0.1, 0.15) is 33.1 Å². The number of rotatable bonds is 4. The highest BCUT2D eigenvalue weighted by Gasteiger charge is 2.30. The normalized spacial score (nSPS) is 27.5. The number of hydrogen-bond acceptors (Lipinski definition) is 3. The number of ether oxygens (including phenoxy) is 1. The van der Waals surface area contributed by atoms with Crippen molar-refractivity contribution in [2.45, 2.75) is 49.3 Å². The van der Waals surface area contributed by atoms with Gasteiger partial charge in [-0.3, -0.25) is 0 Å². The van der Waals surface area contributed by atoms with E-state index < -0.39 is 0 Å². The maximum absolute atomic E-state index is 6.31. The molecule has 3 atom stereocenters. The number of nitrogens with two attached hydrogens (primary N) is 1. The van der Waals surface area contributed by atoms with Crippen LogP contribution in [0.3, 0.4) is 0 Å². The molecule has 106 valence electrons. The Bertz CT molecular complexity index is 407. The number of methoxy groups -OCH3 is 1. The van der Waals surface area contributed by atoms with Gasteiger partial charge < -0.3 is 10.5 Å². The van der Waals surface area contributed by atoms with Crippen LogP contribution >= 0.6 is 11.8 Å². The second-order valence-electron chi connectivity index (χ2n) is 5.82. The van der Waals surface area contributed by atoms with E-state index in [4.69, 9.17) is 10.5 Å². The molecule has 2 nitrogen and oxygen atoms in total. The molecule has 0 bridgehead atoms. The average molecular weight is 279 g/mol.